The smallest absolute Gasteiger partial charge is 0.220 e. The van der Waals surface area contributed by atoms with Gasteiger partial charge in [0.25, 0.3) is 0 Å². The molecular formula is C11H21NO4. The highest BCUT2D eigenvalue weighted by Gasteiger charge is 2.30. The molecule has 0 atom stereocenters. The molecule has 0 bridgehead atoms. The van der Waals surface area contributed by atoms with Crippen molar-refractivity contribution in [3.05, 3.63) is 0 Å². The fraction of sp³-hybridized carbons (Fsp3) is 0.909. The molecule has 0 unspecified atom stereocenters. The fourth-order valence-electron chi connectivity index (χ4n) is 2.09. The van der Waals surface area contributed by atoms with Crippen LogP contribution in [0.15, 0.2) is 0 Å². The molecule has 4 N–H and O–H groups in total. The minimum Gasteiger partial charge on any atom is -0.394 e. The van der Waals surface area contributed by atoms with E-state index in [9.17, 15) is 4.79 Å². The van der Waals surface area contributed by atoms with E-state index < -0.39 is 25.4 Å². The van der Waals surface area contributed by atoms with Gasteiger partial charge in [0.15, 0.2) is 0 Å². The van der Waals surface area contributed by atoms with Crippen molar-refractivity contribution in [2.24, 2.45) is 5.92 Å². The van der Waals surface area contributed by atoms with Crippen molar-refractivity contribution in [1.29, 1.82) is 0 Å². The summed E-state index contributed by atoms with van der Waals surface area (Å²) in [6.45, 7) is -1.39. The number of carbonyl (C=O) groups is 1. The third-order valence-corrected chi connectivity index (χ3v) is 3.26. The Labute approximate surface area is 95.5 Å². The third-order valence-electron chi connectivity index (χ3n) is 3.26. The van der Waals surface area contributed by atoms with Crippen molar-refractivity contribution in [2.75, 3.05) is 19.8 Å². The molecule has 0 aliphatic heterocycles. The molecule has 5 heteroatoms. The van der Waals surface area contributed by atoms with Crippen LogP contribution in [0.1, 0.15) is 32.1 Å². The molecule has 0 heterocycles. The van der Waals surface area contributed by atoms with Crippen LogP contribution in [0, 0.1) is 5.92 Å². The van der Waals surface area contributed by atoms with Crippen LogP contribution in [-0.2, 0) is 4.79 Å². The molecule has 0 aromatic rings. The minimum atomic E-state index is -1.28. The lowest BCUT2D eigenvalue weighted by Crippen LogP contribution is -2.57. The van der Waals surface area contributed by atoms with Crippen LogP contribution >= 0.6 is 0 Å². The van der Waals surface area contributed by atoms with Crippen LogP contribution in [0.25, 0.3) is 0 Å². The molecule has 1 rings (SSSR count). The number of hydrogen-bond donors (Lipinski definition) is 4. The van der Waals surface area contributed by atoms with Gasteiger partial charge in [0, 0.05) is 6.42 Å². The van der Waals surface area contributed by atoms with Gasteiger partial charge in [0.1, 0.15) is 5.54 Å². The Kier molecular flexibility index (Phi) is 5.18. The Morgan fingerprint density at radius 2 is 1.62 bits per heavy atom. The first-order chi connectivity index (χ1) is 7.65. The highest BCUT2D eigenvalue weighted by Crippen LogP contribution is 2.27. The number of aliphatic hydroxyl groups excluding tert-OH is 3. The first kappa shape index (κ1) is 13.4. The van der Waals surface area contributed by atoms with Gasteiger partial charge < -0.3 is 20.6 Å². The van der Waals surface area contributed by atoms with Crippen LogP contribution in [0.5, 0.6) is 0 Å². The van der Waals surface area contributed by atoms with Gasteiger partial charge >= 0.3 is 0 Å². The van der Waals surface area contributed by atoms with E-state index in [-0.39, 0.29) is 5.91 Å². The summed E-state index contributed by atoms with van der Waals surface area (Å²) in [5, 5.41) is 29.7. The molecule has 0 aromatic carbocycles. The maximum Gasteiger partial charge on any atom is 0.220 e. The number of aliphatic hydroxyl groups is 3. The number of nitrogens with one attached hydrogen (secondary N) is 1. The van der Waals surface area contributed by atoms with Crippen molar-refractivity contribution in [3.63, 3.8) is 0 Å². The Morgan fingerprint density at radius 3 is 2.06 bits per heavy atom. The maximum absolute atomic E-state index is 11.6. The predicted molar refractivity (Wildman–Crippen MR) is 58.7 cm³/mol. The minimum absolute atomic E-state index is 0.205. The number of rotatable bonds is 6. The molecule has 0 spiro atoms. The van der Waals surface area contributed by atoms with E-state index in [4.69, 9.17) is 15.3 Å². The van der Waals surface area contributed by atoms with Crippen LogP contribution in [-0.4, -0.2) is 46.6 Å². The van der Waals surface area contributed by atoms with E-state index >= 15 is 0 Å². The van der Waals surface area contributed by atoms with Crippen molar-refractivity contribution in [3.8, 4) is 0 Å². The van der Waals surface area contributed by atoms with Gasteiger partial charge in [-0.3, -0.25) is 4.79 Å². The Balaban J connectivity index is 2.41. The third kappa shape index (κ3) is 3.43. The van der Waals surface area contributed by atoms with Gasteiger partial charge in [-0.15, -0.1) is 0 Å². The van der Waals surface area contributed by atoms with E-state index in [1.807, 2.05) is 0 Å². The van der Waals surface area contributed by atoms with Gasteiger partial charge in [-0.05, 0) is 18.8 Å². The van der Waals surface area contributed by atoms with Gasteiger partial charge in [-0.2, -0.15) is 0 Å². The molecule has 5 nitrogen and oxygen atoms in total. The highest BCUT2D eigenvalue weighted by molar-refractivity contribution is 5.77. The summed E-state index contributed by atoms with van der Waals surface area (Å²) in [5.74, 6) is 0.206. The molecule has 1 fully saturated rings. The lowest BCUT2D eigenvalue weighted by Gasteiger charge is -2.29. The summed E-state index contributed by atoms with van der Waals surface area (Å²) in [7, 11) is 0. The summed E-state index contributed by atoms with van der Waals surface area (Å²) in [6, 6.07) is 0. The largest absolute Gasteiger partial charge is 0.394 e. The molecule has 0 radical (unpaired) electrons. The quantitative estimate of drug-likeness (QED) is 0.491. The molecule has 16 heavy (non-hydrogen) atoms. The Bertz CT molecular complexity index is 214. The lowest BCUT2D eigenvalue weighted by molar-refractivity contribution is -0.126. The van der Waals surface area contributed by atoms with E-state index in [1.54, 1.807) is 0 Å². The van der Waals surface area contributed by atoms with Gasteiger partial charge in [0.2, 0.25) is 5.91 Å². The second-order valence-electron chi connectivity index (χ2n) is 4.66. The molecule has 1 aliphatic carbocycles. The second-order valence-corrected chi connectivity index (χ2v) is 4.66. The van der Waals surface area contributed by atoms with Crippen molar-refractivity contribution in [1.82, 2.24) is 5.32 Å². The molecule has 94 valence electrons. The summed E-state index contributed by atoms with van der Waals surface area (Å²) in [6.07, 6.45) is 4.89. The van der Waals surface area contributed by atoms with E-state index in [1.165, 1.54) is 12.8 Å². The fourth-order valence-corrected chi connectivity index (χ4v) is 2.09. The molecular weight excluding hydrogens is 210 g/mol. The second kappa shape index (κ2) is 6.18. The van der Waals surface area contributed by atoms with Crippen LogP contribution in [0.4, 0.5) is 0 Å². The average Bonchev–Trinajstić information content (AvgIpc) is 2.79. The summed E-state index contributed by atoms with van der Waals surface area (Å²) < 4.78 is 0. The van der Waals surface area contributed by atoms with Crippen LogP contribution in [0.2, 0.25) is 0 Å². The number of amides is 1. The monoisotopic (exact) mass is 231 g/mol. The molecule has 1 aliphatic rings. The SMILES string of the molecule is O=C(CC1CCCC1)NC(CO)(CO)CO. The Hall–Kier alpha value is -0.650. The first-order valence-electron chi connectivity index (χ1n) is 5.79. The number of hydrogen-bond acceptors (Lipinski definition) is 4. The molecule has 0 aromatic heterocycles. The van der Waals surface area contributed by atoms with Crippen LogP contribution in [0.3, 0.4) is 0 Å². The zero-order valence-corrected chi connectivity index (χ0v) is 9.48. The molecule has 1 saturated carbocycles. The topological polar surface area (TPSA) is 89.8 Å². The maximum atomic E-state index is 11.6. The van der Waals surface area contributed by atoms with E-state index in [2.05, 4.69) is 5.32 Å². The average molecular weight is 231 g/mol. The normalized spacial score (nSPS) is 17.7. The summed E-state index contributed by atoms with van der Waals surface area (Å²) >= 11 is 0. The van der Waals surface area contributed by atoms with Crippen molar-refractivity contribution >= 4 is 5.91 Å². The van der Waals surface area contributed by atoms with Crippen molar-refractivity contribution < 1.29 is 20.1 Å². The lowest BCUT2D eigenvalue weighted by atomic mass is 10.00. The summed E-state index contributed by atoms with van der Waals surface area (Å²) in [4.78, 5) is 11.6. The zero-order valence-electron chi connectivity index (χ0n) is 9.48. The predicted octanol–water partition coefficient (Wildman–Crippen LogP) is -0.601. The number of carbonyl (C=O) groups excluding carboxylic acids is 1. The standard InChI is InChI=1S/C11H21NO4/c13-6-11(7-14,8-15)12-10(16)5-9-3-1-2-4-9/h9,13-15H,1-8H2,(H,12,16). The van der Waals surface area contributed by atoms with Gasteiger partial charge in [-0.1, -0.05) is 12.8 Å². The van der Waals surface area contributed by atoms with Crippen LogP contribution < -0.4 is 5.32 Å². The van der Waals surface area contributed by atoms with Gasteiger partial charge in [0.05, 0.1) is 19.8 Å². The van der Waals surface area contributed by atoms with E-state index in [0.29, 0.717) is 12.3 Å². The molecule has 0 saturated heterocycles. The van der Waals surface area contributed by atoms with Crippen molar-refractivity contribution in [2.45, 2.75) is 37.6 Å². The highest BCUT2D eigenvalue weighted by atomic mass is 16.3. The Morgan fingerprint density at radius 1 is 1.12 bits per heavy atom. The molecule has 1 amide bonds. The van der Waals surface area contributed by atoms with Gasteiger partial charge in [-0.25, -0.2) is 0 Å². The van der Waals surface area contributed by atoms with E-state index in [0.717, 1.165) is 12.8 Å². The zero-order chi connectivity index (χ0) is 12.0. The summed E-state index contributed by atoms with van der Waals surface area (Å²) in [5.41, 5.74) is -1.28. The first-order valence-corrected chi connectivity index (χ1v) is 5.79.